The molecule has 2 aliphatic heterocycles. The molecular formula is C35H44N8O14S2. The van der Waals surface area contributed by atoms with Crippen LogP contribution in [0.15, 0.2) is 40.9 Å². The number of oxime groups is 1. The third-order valence-electron chi connectivity index (χ3n) is 8.20. The summed E-state index contributed by atoms with van der Waals surface area (Å²) in [6.45, 7) is 12.7. The van der Waals surface area contributed by atoms with Crippen molar-refractivity contribution in [1.82, 2.24) is 25.2 Å². The van der Waals surface area contributed by atoms with Crippen molar-refractivity contribution in [1.29, 1.82) is 0 Å². The molecule has 1 aromatic carbocycles. The van der Waals surface area contributed by atoms with E-state index in [4.69, 9.17) is 28.7 Å². The molecule has 59 heavy (non-hydrogen) atoms. The molecular weight excluding hydrogens is 821 g/mol. The van der Waals surface area contributed by atoms with Gasteiger partial charge in [-0.3, -0.25) is 19.5 Å². The van der Waals surface area contributed by atoms with E-state index in [9.17, 15) is 32.4 Å². The molecule has 3 aromatic rings. The smallest absolute Gasteiger partial charge is 0.418 e. The maximum atomic E-state index is 13.8. The number of carbonyl (C=O) groups is 5. The summed E-state index contributed by atoms with van der Waals surface area (Å²) < 4.78 is 52.8. The standard InChI is InChI=1S/C35H44N8O14S2/c1-33(2,3)54-29(46)23(16-53-20-10-11-21-18(13-20)9-12-24(37-21)36-19-14-42(15-19)32(48)49)56-41-25(22-17-58-30(38-22)40-31(47)55-34(4,5)6)27(44)39-26-28(45)43(35(26,7)8)57-59(50,51)52/h9-13,17,19,23,26H,14-16H2,1-8H3,(H,36,37)(H,39,44)(H,48,49)(H,38,40,47)(H,50,51,52)/b41-25-/t23?,26-/m1/s1. The Balaban J connectivity index is 1.37. The van der Waals surface area contributed by atoms with Gasteiger partial charge >= 0.3 is 28.6 Å². The number of esters is 1. The van der Waals surface area contributed by atoms with Crippen molar-refractivity contribution in [3.63, 3.8) is 0 Å². The van der Waals surface area contributed by atoms with Crippen molar-refractivity contribution < 1.29 is 65.4 Å². The van der Waals surface area contributed by atoms with Crippen LogP contribution in [0.5, 0.6) is 5.75 Å². The van der Waals surface area contributed by atoms with E-state index in [1.807, 2.05) is 0 Å². The number of pyridine rings is 1. The minimum atomic E-state index is -5.09. The Labute approximate surface area is 342 Å². The van der Waals surface area contributed by atoms with Gasteiger partial charge in [0.15, 0.2) is 10.8 Å². The fourth-order valence-electron chi connectivity index (χ4n) is 5.46. The molecule has 320 valence electrons. The predicted octanol–water partition coefficient (Wildman–Crippen LogP) is 3.16. The second-order valence-electron chi connectivity index (χ2n) is 15.8. The van der Waals surface area contributed by atoms with Crippen LogP contribution in [-0.4, -0.2) is 128 Å². The summed E-state index contributed by atoms with van der Waals surface area (Å²) in [5, 5.41) is 23.4. The molecule has 4 heterocycles. The van der Waals surface area contributed by atoms with Crippen LogP contribution in [-0.2, 0) is 43.4 Å². The number of ether oxygens (including phenoxy) is 3. The van der Waals surface area contributed by atoms with Crippen LogP contribution in [0.3, 0.4) is 0 Å². The molecule has 1 unspecified atom stereocenters. The number of nitrogens with one attached hydrogen (secondary N) is 3. The minimum Gasteiger partial charge on any atom is -0.489 e. The first-order valence-electron chi connectivity index (χ1n) is 17.8. The van der Waals surface area contributed by atoms with E-state index in [2.05, 4.69) is 35.4 Å². The number of carbonyl (C=O) groups excluding carboxylic acids is 4. The summed E-state index contributed by atoms with van der Waals surface area (Å²) in [7, 11) is -5.09. The van der Waals surface area contributed by atoms with Gasteiger partial charge in [-0.15, -0.1) is 15.6 Å². The normalized spacial score (nSPS) is 17.6. The fourth-order valence-corrected chi connectivity index (χ4v) is 6.60. The van der Waals surface area contributed by atoms with Gasteiger partial charge in [-0.25, -0.2) is 24.4 Å². The van der Waals surface area contributed by atoms with Crippen molar-refractivity contribution in [2.45, 2.75) is 90.3 Å². The number of anilines is 2. The number of aromatic nitrogens is 2. The molecule has 2 aliphatic rings. The molecule has 2 saturated heterocycles. The summed E-state index contributed by atoms with van der Waals surface area (Å²) in [4.78, 5) is 79.3. The largest absolute Gasteiger partial charge is 0.489 e. The van der Waals surface area contributed by atoms with Gasteiger partial charge in [0.05, 0.1) is 17.1 Å². The number of likely N-dealkylation sites (tertiary alicyclic amines) is 1. The Morgan fingerprint density at radius 2 is 1.71 bits per heavy atom. The second-order valence-corrected chi connectivity index (χ2v) is 17.7. The maximum absolute atomic E-state index is 13.8. The number of hydrogen-bond acceptors (Lipinski definition) is 17. The number of hydroxylamine groups is 2. The number of hydrogen-bond donors (Lipinski definition) is 5. The quantitative estimate of drug-likeness (QED) is 0.0511. The topological polar surface area (TPSA) is 287 Å². The molecule has 0 aliphatic carbocycles. The second kappa shape index (κ2) is 16.8. The van der Waals surface area contributed by atoms with Gasteiger partial charge in [-0.1, -0.05) is 5.16 Å². The molecule has 5 rings (SSSR count). The fraction of sp³-hybridized carbons (Fsp3) is 0.486. The number of benzene rings is 1. The minimum absolute atomic E-state index is 0.0175. The molecule has 4 amide bonds. The average molecular weight is 865 g/mol. The van der Waals surface area contributed by atoms with E-state index in [0.717, 1.165) is 11.3 Å². The molecule has 0 radical (unpaired) electrons. The molecule has 2 fully saturated rings. The molecule has 22 nitrogen and oxygen atoms in total. The molecule has 2 atom stereocenters. The Morgan fingerprint density at radius 1 is 1.03 bits per heavy atom. The van der Waals surface area contributed by atoms with Gasteiger partial charge in [0.25, 0.3) is 17.9 Å². The Morgan fingerprint density at radius 3 is 2.32 bits per heavy atom. The van der Waals surface area contributed by atoms with E-state index in [-0.39, 0.29) is 16.9 Å². The zero-order valence-corrected chi connectivity index (χ0v) is 34.8. The first-order chi connectivity index (χ1) is 27.3. The van der Waals surface area contributed by atoms with Gasteiger partial charge in [-0.2, -0.15) is 13.5 Å². The number of carboxylic acid groups (broad SMARTS) is 1. The van der Waals surface area contributed by atoms with Crippen LogP contribution < -0.4 is 20.7 Å². The Hall–Kier alpha value is -5.85. The summed E-state index contributed by atoms with van der Waals surface area (Å²) in [5.41, 5.74) is -3.48. The number of amides is 4. The summed E-state index contributed by atoms with van der Waals surface area (Å²) in [6, 6.07) is 6.98. The lowest BCUT2D eigenvalue weighted by Crippen LogP contribution is -2.76. The third kappa shape index (κ3) is 11.6. The first kappa shape index (κ1) is 44.3. The molecule has 2 aromatic heterocycles. The van der Waals surface area contributed by atoms with Crippen molar-refractivity contribution >= 4 is 79.3 Å². The molecule has 5 N–H and O–H groups in total. The van der Waals surface area contributed by atoms with Crippen molar-refractivity contribution in [3.8, 4) is 5.75 Å². The molecule has 0 saturated carbocycles. The van der Waals surface area contributed by atoms with Crippen LogP contribution >= 0.6 is 11.3 Å². The van der Waals surface area contributed by atoms with E-state index in [0.29, 0.717) is 40.6 Å². The zero-order valence-electron chi connectivity index (χ0n) is 33.2. The van der Waals surface area contributed by atoms with Gasteiger partial charge < -0.3 is 39.7 Å². The Kier molecular flexibility index (Phi) is 12.6. The number of thiazole rings is 1. The molecule has 0 bridgehead atoms. The summed E-state index contributed by atoms with van der Waals surface area (Å²) in [5.74, 6) is -2.17. The van der Waals surface area contributed by atoms with E-state index >= 15 is 0 Å². The van der Waals surface area contributed by atoms with Crippen LogP contribution in [0.2, 0.25) is 0 Å². The lowest BCUT2D eigenvalue weighted by atomic mass is 9.84. The van der Waals surface area contributed by atoms with E-state index in [1.165, 1.54) is 24.1 Å². The number of nitrogens with zero attached hydrogens (tertiary/aromatic N) is 5. The summed E-state index contributed by atoms with van der Waals surface area (Å²) in [6.07, 6.45) is -3.42. The van der Waals surface area contributed by atoms with Crippen LogP contribution in [0.1, 0.15) is 61.1 Å². The number of β-lactam (4-membered cyclic amide) rings is 1. The van der Waals surface area contributed by atoms with Gasteiger partial charge in [0.1, 0.15) is 41.1 Å². The predicted molar refractivity (Wildman–Crippen MR) is 209 cm³/mol. The van der Waals surface area contributed by atoms with Gasteiger partial charge in [-0.05, 0) is 85.7 Å². The highest BCUT2D eigenvalue weighted by Gasteiger charge is 2.58. The van der Waals surface area contributed by atoms with Crippen LogP contribution in [0.4, 0.5) is 20.5 Å². The highest BCUT2D eigenvalue weighted by molar-refractivity contribution is 7.80. The van der Waals surface area contributed by atoms with Gasteiger partial charge in [0, 0.05) is 23.9 Å². The van der Waals surface area contributed by atoms with E-state index < -0.39 is 81.6 Å². The number of rotatable bonds is 14. The zero-order chi connectivity index (χ0) is 43.7. The third-order valence-corrected chi connectivity index (χ3v) is 9.29. The highest BCUT2D eigenvalue weighted by Crippen LogP contribution is 2.33. The van der Waals surface area contributed by atoms with Crippen molar-refractivity contribution in [2.75, 3.05) is 30.3 Å². The average Bonchev–Trinajstić information content (AvgIpc) is 3.53. The summed E-state index contributed by atoms with van der Waals surface area (Å²) >= 11 is 0.883. The highest BCUT2D eigenvalue weighted by atomic mass is 32.3. The van der Waals surface area contributed by atoms with Crippen molar-refractivity contribution in [3.05, 3.63) is 41.4 Å². The lowest BCUT2D eigenvalue weighted by molar-refractivity contribution is -0.218. The van der Waals surface area contributed by atoms with Crippen molar-refractivity contribution in [2.24, 2.45) is 5.16 Å². The van der Waals surface area contributed by atoms with Crippen LogP contribution in [0, 0.1) is 0 Å². The first-order valence-corrected chi connectivity index (χ1v) is 20.0. The Bertz CT molecular complexity index is 2260. The molecule has 0 spiro atoms. The van der Waals surface area contributed by atoms with E-state index in [1.54, 1.807) is 71.9 Å². The monoisotopic (exact) mass is 864 g/mol. The van der Waals surface area contributed by atoms with Gasteiger partial charge in [0.2, 0.25) is 0 Å². The maximum Gasteiger partial charge on any atom is 0.418 e. The lowest BCUT2D eigenvalue weighted by Gasteiger charge is -2.50. The molecule has 24 heteroatoms. The SMILES string of the molecule is CC(C)(C)OC(=O)Nc1nc(/C(=N/OC(COc2ccc3nc(NC4CN(C(=O)O)C4)ccc3c2)C(=O)OC(C)(C)C)C(=O)N[C@@H]2C(=O)N(OS(=O)(=O)O)C2(C)C)cs1. The van der Waals surface area contributed by atoms with Crippen LogP contribution in [0.25, 0.3) is 10.9 Å². The number of fused-ring (bicyclic) bond motifs is 1.